The van der Waals surface area contributed by atoms with Crippen molar-refractivity contribution in [2.45, 2.75) is 69.9 Å². The normalized spacial score (nSPS) is 27.9. The Labute approximate surface area is 200 Å². The van der Waals surface area contributed by atoms with Crippen LogP contribution in [0.4, 0.5) is 4.79 Å². The van der Waals surface area contributed by atoms with E-state index in [4.69, 9.17) is 14.2 Å². The van der Waals surface area contributed by atoms with Crippen LogP contribution in [0.2, 0.25) is 0 Å². The van der Waals surface area contributed by atoms with E-state index in [0.717, 1.165) is 48.3 Å². The molecule has 0 aliphatic heterocycles. The monoisotopic (exact) mass is 467 g/mol. The molecule has 1 N–H and O–H groups in total. The minimum Gasteiger partial charge on any atom is -0.467 e. The molecule has 2 aromatic rings. The fourth-order valence-corrected chi connectivity index (χ4v) is 6.50. The van der Waals surface area contributed by atoms with Crippen LogP contribution in [0.15, 0.2) is 42.9 Å². The van der Waals surface area contributed by atoms with E-state index in [0.29, 0.717) is 6.73 Å². The third-order valence-corrected chi connectivity index (χ3v) is 7.69. The predicted octanol–water partition coefficient (Wildman–Crippen LogP) is 3.84. The summed E-state index contributed by atoms with van der Waals surface area (Å²) < 4.78 is 18.7. The van der Waals surface area contributed by atoms with Crippen LogP contribution >= 0.6 is 0 Å². The molecule has 4 fully saturated rings. The summed E-state index contributed by atoms with van der Waals surface area (Å²) in [6.07, 6.45) is 10.6. The number of imidazole rings is 1. The number of hydrogen-bond acceptors (Lipinski definition) is 6. The molecule has 6 rings (SSSR count). The molecule has 182 valence electrons. The fourth-order valence-electron chi connectivity index (χ4n) is 6.50. The number of nitrogens with zero attached hydrogens (tertiary/aromatic N) is 2. The van der Waals surface area contributed by atoms with Crippen molar-refractivity contribution >= 4 is 12.1 Å². The lowest BCUT2D eigenvalue weighted by molar-refractivity contribution is -0.181. The zero-order chi connectivity index (χ0) is 23.5. The molecule has 0 saturated heterocycles. The van der Waals surface area contributed by atoms with Crippen LogP contribution in [-0.2, 0) is 38.8 Å². The lowest BCUT2D eigenvalue weighted by Gasteiger charge is -2.56. The van der Waals surface area contributed by atoms with Crippen molar-refractivity contribution in [1.82, 2.24) is 14.9 Å². The van der Waals surface area contributed by atoms with Crippen LogP contribution in [0.3, 0.4) is 0 Å². The van der Waals surface area contributed by atoms with Gasteiger partial charge in [-0.2, -0.15) is 0 Å². The average molecular weight is 468 g/mol. The molecule has 4 saturated carbocycles. The minimum absolute atomic E-state index is 0.0163. The van der Waals surface area contributed by atoms with Gasteiger partial charge < -0.3 is 24.1 Å². The second-order valence-corrected chi connectivity index (χ2v) is 10.2. The molecule has 4 aliphatic rings. The van der Waals surface area contributed by atoms with Gasteiger partial charge in [0, 0.05) is 18.3 Å². The van der Waals surface area contributed by atoms with Gasteiger partial charge in [0.1, 0.15) is 19.4 Å². The molecular formula is C26H33N3O5. The summed E-state index contributed by atoms with van der Waals surface area (Å²) in [4.78, 5) is 29.0. The number of carbonyl (C=O) groups excluding carboxylic acids is 2. The van der Waals surface area contributed by atoms with Crippen molar-refractivity contribution in [3.63, 3.8) is 0 Å². The summed E-state index contributed by atoms with van der Waals surface area (Å²) in [6, 6.07) is 8.50. The van der Waals surface area contributed by atoms with Crippen molar-refractivity contribution in [3.8, 4) is 0 Å². The first-order valence-electron chi connectivity index (χ1n) is 12.2. The van der Waals surface area contributed by atoms with Gasteiger partial charge in [0.05, 0.1) is 19.0 Å². The first-order valence-corrected chi connectivity index (χ1v) is 12.2. The highest BCUT2D eigenvalue weighted by Crippen LogP contribution is 2.57. The third kappa shape index (κ3) is 5.12. The SMILES string of the molecule is COC(=O)[C@H](Cc1cncn1COC12CC3CC(CC(C3)C1)C2)NC(=O)OCc1ccccc1. The molecule has 34 heavy (non-hydrogen) atoms. The largest absolute Gasteiger partial charge is 0.467 e. The number of hydrogen-bond donors (Lipinski definition) is 1. The second kappa shape index (κ2) is 9.78. The highest BCUT2D eigenvalue weighted by molar-refractivity contribution is 5.81. The van der Waals surface area contributed by atoms with Crippen molar-refractivity contribution in [3.05, 3.63) is 54.1 Å². The van der Waals surface area contributed by atoms with E-state index >= 15 is 0 Å². The van der Waals surface area contributed by atoms with Gasteiger partial charge in [0.15, 0.2) is 0 Å². The number of methoxy groups -OCH3 is 1. The number of nitrogens with one attached hydrogen (secondary N) is 1. The molecule has 0 radical (unpaired) electrons. The van der Waals surface area contributed by atoms with Crippen LogP contribution in [0.5, 0.6) is 0 Å². The van der Waals surface area contributed by atoms with Crippen LogP contribution in [0.25, 0.3) is 0 Å². The standard InChI is InChI=1S/C26H33N3O5/c1-32-24(30)23(28-25(31)33-15-18-5-3-2-4-6-18)10-22-14-27-16-29(22)17-34-26-11-19-7-20(12-26)9-21(8-19)13-26/h2-6,14,16,19-21,23H,7-13,15,17H2,1H3,(H,28,31)/t19?,20?,21?,23-,26?/m0/s1. The number of rotatable bonds is 9. The van der Waals surface area contributed by atoms with Gasteiger partial charge in [0.25, 0.3) is 0 Å². The molecule has 1 amide bonds. The topological polar surface area (TPSA) is 91.7 Å². The highest BCUT2D eigenvalue weighted by atomic mass is 16.6. The third-order valence-electron chi connectivity index (χ3n) is 7.69. The van der Waals surface area contributed by atoms with Crippen molar-refractivity contribution in [2.24, 2.45) is 17.8 Å². The first-order chi connectivity index (χ1) is 16.5. The number of carbonyl (C=O) groups is 2. The molecule has 4 aliphatic carbocycles. The Balaban J connectivity index is 1.19. The number of alkyl carbamates (subject to hydrolysis) is 1. The zero-order valence-electron chi connectivity index (χ0n) is 19.7. The van der Waals surface area contributed by atoms with Gasteiger partial charge in [0.2, 0.25) is 0 Å². The maximum absolute atomic E-state index is 12.4. The highest BCUT2D eigenvalue weighted by Gasteiger charge is 2.51. The maximum Gasteiger partial charge on any atom is 0.408 e. The molecule has 0 spiro atoms. The predicted molar refractivity (Wildman–Crippen MR) is 123 cm³/mol. The number of ether oxygens (including phenoxy) is 3. The lowest BCUT2D eigenvalue weighted by Crippen LogP contribution is -2.52. The Morgan fingerprint density at radius 2 is 1.79 bits per heavy atom. The van der Waals surface area contributed by atoms with Crippen LogP contribution < -0.4 is 5.32 Å². The van der Waals surface area contributed by atoms with Crippen LogP contribution in [-0.4, -0.2) is 40.4 Å². The van der Waals surface area contributed by atoms with Gasteiger partial charge in [-0.25, -0.2) is 14.6 Å². The smallest absolute Gasteiger partial charge is 0.408 e. The Kier molecular flexibility index (Phi) is 6.59. The lowest BCUT2D eigenvalue weighted by atomic mass is 9.54. The van der Waals surface area contributed by atoms with Crippen LogP contribution in [0, 0.1) is 17.8 Å². The quantitative estimate of drug-likeness (QED) is 0.564. The number of aromatic nitrogens is 2. The molecule has 1 heterocycles. The van der Waals surface area contributed by atoms with E-state index in [1.165, 1.54) is 26.4 Å². The first kappa shape index (κ1) is 22.9. The number of esters is 1. The van der Waals surface area contributed by atoms with E-state index in [9.17, 15) is 9.59 Å². The fraction of sp³-hybridized carbons (Fsp3) is 0.577. The van der Waals surface area contributed by atoms with Crippen LogP contribution in [0.1, 0.15) is 49.8 Å². The average Bonchev–Trinajstić information content (AvgIpc) is 3.27. The van der Waals surface area contributed by atoms with E-state index in [-0.39, 0.29) is 18.6 Å². The van der Waals surface area contributed by atoms with Gasteiger partial charge >= 0.3 is 12.1 Å². The van der Waals surface area contributed by atoms with Gasteiger partial charge in [-0.1, -0.05) is 30.3 Å². The molecule has 8 heteroatoms. The minimum atomic E-state index is -0.886. The Morgan fingerprint density at radius 1 is 1.12 bits per heavy atom. The Hall–Kier alpha value is -2.87. The molecule has 4 bridgehead atoms. The summed E-state index contributed by atoms with van der Waals surface area (Å²) in [5, 5.41) is 2.64. The van der Waals surface area contributed by atoms with E-state index < -0.39 is 18.1 Å². The van der Waals surface area contributed by atoms with Gasteiger partial charge in [-0.05, 0) is 61.8 Å². The van der Waals surface area contributed by atoms with Crippen molar-refractivity contribution in [2.75, 3.05) is 7.11 Å². The zero-order valence-corrected chi connectivity index (χ0v) is 19.7. The Morgan fingerprint density at radius 3 is 2.44 bits per heavy atom. The number of benzene rings is 1. The maximum atomic E-state index is 12.4. The summed E-state index contributed by atoms with van der Waals surface area (Å²) in [6.45, 7) is 0.519. The summed E-state index contributed by atoms with van der Waals surface area (Å²) in [5.41, 5.74) is 1.65. The van der Waals surface area contributed by atoms with E-state index in [1.54, 1.807) is 12.5 Å². The summed E-state index contributed by atoms with van der Waals surface area (Å²) in [7, 11) is 1.31. The molecular weight excluding hydrogens is 434 g/mol. The van der Waals surface area contributed by atoms with E-state index in [2.05, 4.69) is 10.3 Å². The second-order valence-electron chi connectivity index (χ2n) is 10.2. The molecule has 1 atom stereocenters. The van der Waals surface area contributed by atoms with E-state index in [1.807, 2.05) is 34.9 Å². The molecule has 0 unspecified atom stereocenters. The number of amides is 1. The molecule has 1 aromatic carbocycles. The van der Waals surface area contributed by atoms with Crippen molar-refractivity contribution < 1.29 is 23.8 Å². The molecule has 1 aromatic heterocycles. The summed E-state index contributed by atoms with van der Waals surface area (Å²) in [5.74, 6) is 1.89. The van der Waals surface area contributed by atoms with Crippen molar-refractivity contribution in [1.29, 1.82) is 0 Å². The van der Waals surface area contributed by atoms with Gasteiger partial charge in [-0.3, -0.25) is 0 Å². The summed E-state index contributed by atoms with van der Waals surface area (Å²) >= 11 is 0. The molecule has 8 nitrogen and oxygen atoms in total. The Bertz CT molecular complexity index is 970. The van der Waals surface area contributed by atoms with Gasteiger partial charge in [-0.15, -0.1) is 0 Å².